The zero-order valence-corrected chi connectivity index (χ0v) is 11.2. The fraction of sp³-hybridized carbons (Fsp3) is 1.00. The van der Waals surface area contributed by atoms with E-state index in [0.29, 0.717) is 0 Å². The number of unbranched alkanes of at least 4 members (excludes halogenated alkanes) is 8. The van der Waals surface area contributed by atoms with Crippen molar-refractivity contribution in [1.82, 2.24) is 0 Å². The van der Waals surface area contributed by atoms with E-state index in [1.165, 1.54) is 84.1 Å². The Hall–Kier alpha value is 0.0649. The van der Waals surface area contributed by atoms with Crippen molar-refractivity contribution >= 4 is 7.28 Å². The Kier molecular flexibility index (Phi) is 14.1. The molecule has 0 radical (unpaired) electrons. The monoisotopic (exact) mass is 210 g/mol. The highest BCUT2D eigenvalue weighted by Crippen LogP contribution is 2.10. The Labute approximate surface area is 98.5 Å². The highest BCUT2D eigenvalue weighted by molar-refractivity contribution is 6.35. The van der Waals surface area contributed by atoms with Gasteiger partial charge in [-0.25, -0.2) is 0 Å². The molecule has 0 aliphatic heterocycles. The average Bonchev–Trinajstić information content (AvgIpc) is 2.26. The van der Waals surface area contributed by atoms with Gasteiger partial charge in [0.15, 0.2) is 0 Å². The third-order valence-electron chi connectivity index (χ3n) is 3.21. The third-order valence-corrected chi connectivity index (χ3v) is 3.21. The average molecular weight is 210 g/mol. The zero-order valence-electron chi connectivity index (χ0n) is 11.2. The minimum Gasteiger partial charge on any atom is -0.0777 e. The van der Waals surface area contributed by atoms with Crippen molar-refractivity contribution in [2.45, 2.75) is 90.7 Å². The van der Waals surface area contributed by atoms with Crippen molar-refractivity contribution in [3.05, 3.63) is 0 Å². The molecule has 0 rings (SSSR count). The molecule has 0 aromatic rings. The molecule has 0 saturated heterocycles. The molecule has 0 unspecified atom stereocenters. The molecule has 0 aliphatic rings. The Balaban J connectivity index is 2.81. The predicted molar refractivity (Wildman–Crippen MR) is 74.3 cm³/mol. The first-order valence-electron chi connectivity index (χ1n) is 7.41. The summed E-state index contributed by atoms with van der Waals surface area (Å²) >= 11 is 0. The van der Waals surface area contributed by atoms with Gasteiger partial charge in [0.05, 0.1) is 0 Å². The van der Waals surface area contributed by atoms with Crippen LogP contribution in [-0.4, -0.2) is 7.28 Å². The van der Waals surface area contributed by atoms with Crippen LogP contribution < -0.4 is 0 Å². The van der Waals surface area contributed by atoms with Crippen LogP contribution in [0.1, 0.15) is 78.1 Å². The van der Waals surface area contributed by atoms with Crippen molar-refractivity contribution in [2.24, 2.45) is 0 Å². The van der Waals surface area contributed by atoms with E-state index in [-0.39, 0.29) is 0 Å². The smallest absolute Gasteiger partial charge is 0.0777 e. The van der Waals surface area contributed by atoms with Crippen LogP contribution in [0.25, 0.3) is 0 Å². The van der Waals surface area contributed by atoms with Gasteiger partial charge >= 0.3 is 0 Å². The Morgan fingerprint density at radius 2 is 1.07 bits per heavy atom. The van der Waals surface area contributed by atoms with E-state index in [9.17, 15) is 0 Å². The van der Waals surface area contributed by atoms with Gasteiger partial charge in [0.2, 0.25) is 0 Å². The fourth-order valence-corrected chi connectivity index (χ4v) is 2.09. The second-order valence-corrected chi connectivity index (χ2v) is 4.89. The second-order valence-electron chi connectivity index (χ2n) is 4.89. The predicted octanol–water partition coefficient (Wildman–Crippen LogP) is 5.20. The SMILES string of the molecule is CCCBCCCCCCCCCCC. The van der Waals surface area contributed by atoms with Crippen LogP contribution in [0.4, 0.5) is 0 Å². The highest BCUT2D eigenvalue weighted by atomic mass is 14.0. The minimum absolute atomic E-state index is 1.37. The molecular weight excluding hydrogens is 179 g/mol. The minimum atomic E-state index is 1.37. The highest BCUT2D eigenvalue weighted by Gasteiger charge is 1.93. The summed E-state index contributed by atoms with van der Waals surface area (Å²) in [5, 5.41) is 0. The van der Waals surface area contributed by atoms with Gasteiger partial charge in [-0.15, -0.1) is 0 Å². The van der Waals surface area contributed by atoms with Crippen molar-refractivity contribution in [3.63, 3.8) is 0 Å². The van der Waals surface area contributed by atoms with E-state index in [1.807, 2.05) is 0 Å². The number of rotatable bonds is 12. The summed E-state index contributed by atoms with van der Waals surface area (Å²) < 4.78 is 0. The Morgan fingerprint density at radius 3 is 1.60 bits per heavy atom. The molecule has 0 heterocycles. The molecule has 90 valence electrons. The first kappa shape index (κ1) is 15.1. The fourth-order valence-electron chi connectivity index (χ4n) is 2.09. The number of hydrogen-bond donors (Lipinski definition) is 0. The van der Waals surface area contributed by atoms with Crippen LogP contribution in [0.3, 0.4) is 0 Å². The largest absolute Gasteiger partial charge is 0.120 e. The maximum atomic E-state index is 2.29. The Bertz CT molecular complexity index is 89.5. The van der Waals surface area contributed by atoms with Crippen molar-refractivity contribution < 1.29 is 0 Å². The van der Waals surface area contributed by atoms with E-state index in [1.54, 1.807) is 0 Å². The van der Waals surface area contributed by atoms with Crippen LogP contribution in [-0.2, 0) is 0 Å². The first-order chi connectivity index (χ1) is 7.41. The molecule has 0 saturated carbocycles. The molecule has 0 spiro atoms. The van der Waals surface area contributed by atoms with E-state index < -0.39 is 0 Å². The molecule has 0 N–H and O–H groups in total. The van der Waals surface area contributed by atoms with Crippen LogP contribution in [0.2, 0.25) is 12.6 Å². The summed E-state index contributed by atoms with van der Waals surface area (Å²) in [6.07, 6.45) is 17.5. The molecule has 0 aromatic heterocycles. The molecule has 0 aromatic carbocycles. The summed E-state index contributed by atoms with van der Waals surface area (Å²) in [6.45, 7) is 4.58. The molecule has 0 fully saturated rings. The van der Waals surface area contributed by atoms with Gasteiger partial charge in [0.25, 0.3) is 0 Å². The van der Waals surface area contributed by atoms with E-state index in [2.05, 4.69) is 13.8 Å². The lowest BCUT2D eigenvalue weighted by molar-refractivity contribution is 0.572. The lowest BCUT2D eigenvalue weighted by Gasteiger charge is -2.01. The second kappa shape index (κ2) is 14.1. The van der Waals surface area contributed by atoms with Gasteiger partial charge in [-0.05, 0) is 0 Å². The van der Waals surface area contributed by atoms with Gasteiger partial charge < -0.3 is 0 Å². The van der Waals surface area contributed by atoms with Gasteiger partial charge in [0, 0.05) is 0 Å². The first-order valence-corrected chi connectivity index (χ1v) is 7.41. The van der Waals surface area contributed by atoms with Crippen molar-refractivity contribution in [2.75, 3.05) is 0 Å². The molecule has 0 aliphatic carbocycles. The van der Waals surface area contributed by atoms with Crippen molar-refractivity contribution in [1.29, 1.82) is 0 Å². The summed E-state index contributed by atoms with van der Waals surface area (Å²) in [5.41, 5.74) is 0. The summed E-state index contributed by atoms with van der Waals surface area (Å²) in [4.78, 5) is 0. The van der Waals surface area contributed by atoms with E-state index in [0.717, 1.165) is 0 Å². The quantitative estimate of drug-likeness (QED) is 0.307. The van der Waals surface area contributed by atoms with Crippen molar-refractivity contribution in [3.8, 4) is 0 Å². The van der Waals surface area contributed by atoms with E-state index >= 15 is 0 Å². The lowest BCUT2D eigenvalue weighted by atomic mass is 9.69. The third kappa shape index (κ3) is 14.1. The topological polar surface area (TPSA) is 0 Å². The van der Waals surface area contributed by atoms with Gasteiger partial charge in [-0.2, -0.15) is 0 Å². The maximum absolute atomic E-state index is 2.29. The van der Waals surface area contributed by atoms with Crippen LogP contribution in [0.5, 0.6) is 0 Å². The van der Waals surface area contributed by atoms with E-state index in [4.69, 9.17) is 0 Å². The van der Waals surface area contributed by atoms with Crippen LogP contribution >= 0.6 is 0 Å². The summed E-state index contributed by atoms with van der Waals surface area (Å²) in [7, 11) is 1.47. The van der Waals surface area contributed by atoms with Gasteiger partial charge in [0.1, 0.15) is 7.28 Å². The molecule has 0 nitrogen and oxygen atoms in total. The molecule has 0 atom stereocenters. The maximum Gasteiger partial charge on any atom is 0.120 e. The van der Waals surface area contributed by atoms with Gasteiger partial charge in [-0.3, -0.25) is 0 Å². The molecular formula is C14H31B. The molecule has 0 amide bonds. The van der Waals surface area contributed by atoms with Gasteiger partial charge in [-0.1, -0.05) is 90.7 Å². The lowest BCUT2D eigenvalue weighted by Crippen LogP contribution is -1.88. The standard InChI is InChI=1S/C14H31B/c1-3-5-6-7-8-9-10-11-12-14-15-13-4-2/h15H,3-14H2,1-2H3. The summed E-state index contributed by atoms with van der Waals surface area (Å²) in [6, 6.07) is 0. The zero-order chi connectivity index (χ0) is 11.2. The van der Waals surface area contributed by atoms with Crippen LogP contribution in [0.15, 0.2) is 0 Å². The molecule has 0 bridgehead atoms. The van der Waals surface area contributed by atoms with Crippen LogP contribution in [0, 0.1) is 0 Å². The Morgan fingerprint density at radius 1 is 0.533 bits per heavy atom. The molecule has 15 heavy (non-hydrogen) atoms. The normalized spacial score (nSPS) is 10.5. The summed E-state index contributed by atoms with van der Waals surface area (Å²) in [5.74, 6) is 0. The number of hydrogen-bond acceptors (Lipinski definition) is 0. The molecule has 1 heteroatoms.